The van der Waals surface area contributed by atoms with Crippen molar-refractivity contribution < 1.29 is 0 Å². The van der Waals surface area contributed by atoms with E-state index in [1.54, 1.807) is 0 Å². The molecule has 0 spiro atoms. The number of benzene rings is 8. The average Bonchev–Trinajstić information content (AvgIpc) is 3.93. The van der Waals surface area contributed by atoms with Crippen LogP contribution in [-0.4, -0.2) is 9.13 Å². The zero-order chi connectivity index (χ0) is 35.7. The van der Waals surface area contributed by atoms with Crippen molar-refractivity contribution in [2.75, 3.05) is 0 Å². The molecule has 11 aromatic rings. The van der Waals surface area contributed by atoms with Gasteiger partial charge in [0.2, 0.25) is 0 Å². The zero-order valence-corrected chi connectivity index (χ0v) is 30.8. The summed E-state index contributed by atoms with van der Waals surface area (Å²) in [6, 6.07) is 63.1. The molecule has 0 fully saturated rings. The fourth-order valence-corrected chi connectivity index (χ4v) is 10.7. The first-order valence-corrected chi connectivity index (χ1v) is 19.6. The number of hydrogen-bond acceptors (Lipinski definition) is 1. The number of hydrogen-bond donors (Lipinski definition) is 0. The molecule has 3 aromatic heterocycles. The van der Waals surface area contributed by atoms with E-state index in [9.17, 15) is 0 Å². The maximum atomic E-state index is 2.47. The molecule has 54 heavy (non-hydrogen) atoms. The molecule has 3 heterocycles. The number of para-hydroxylation sites is 3. The van der Waals surface area contributed by atoms with Crippen LogP contribution >= 0.6 is 11.3 Å². The van der Waals surface area contributed by atoms with Crippen molar-refractivity contribution in [3.63, 3.8) is 0 Å². The molecule has 0 saturated heterocycles. The van der Waals surface area contributed by atoms with Gasteiger partial charge in [-0.2, -0.15) is 0 Å². The van der Waals surface area contributed by atoms with Gasteiger partial charge < -0.3 is 9.13 Å². The van der Waals surface area contributed by atoms with Crippen molar-refractivity contribution >= 4 is 75.1 Å². The van der Waals surface area contributed by atoms with Crippen LogP contribution in [0.4, 0.5) is 0 Å². The van der Waals surface area contributed by atoms with Gasteiger partial charge in [-0.3, -0.25) is 0 Å². The summed E-state index contributed by atoms with van der Waals surface area (Å²) in [5.41, 5.74) is 15.2. The Morgan fingerprint density at radius 2 is 0.981 bits per heavy atom. The molecule has 254 valence electrons. The Bertz CT molecular complexity index is 3350. The summed E-state index contributed by atoms with van der Waals surface area (Å²) in [6.45, 7) is 4.79. The van der Waals surface area contributed by atoms with Crippen molar-refractivity contribution in [1.82, 2.24) is 9.13 Å². The fraction of sp³-hybridized carbons (Fsp3) is 0.0588. The zero-order valence-electron chi connectivity index (χ0n) is 30.0. The summed E-state index contributed by atoms with van der Waals surface area (Å²) in [4.78, 5) is 0. The first-order chi connectivity index (χ1) is 26.5. The lowest BCUT2D eigenvalue weighted by Gasteiger charge is -2.22. The van der Waals surface area contributed by atoms with Crippen LogP contribution in [0.25, 0.3) is 97.4 Å². The van der Waals surface area contributed by atoms with Gasteiger partial charge >= 0.3 is 0 Å². The minimum Gasteiger partial charge on any atom is -0.309 e. The van der Waals surface area contributed by atoms with E-state index >= 15 is 0 Å². The maximum Gasteiger partial charge on any atom is 0.0541 e. The van der Waals surface area contributed by atoms with E-state index in [0.29, 0.717) is 0 Å². The van der Waals surface area contributed by atoms with Gasteiger partial charge in [0.25, 0.3) is 0 Å². The highest BCUT2D eigenvalue weighted by molar-refractivity contribution is 7.26. The fourth-order valence-electron chi connectivity index (χ4n) is 9.61. The third-order valence-electron chi connectivity index (χ3n) is 12.1. The highest BCUT2D eigenvalue weighted by Crippen LogP contribution is 2.54. The third kappa shape index (κ3) is 4.00. The maximum absolute atomic E-state index is 2.47. The second-order valence-electron chi connectivity index (χ2n) is 15.3. The van der Waals surface area contributed by atoms with Crippen LogP contribution in [0.15, 0.2) is 170 Å². The summed E-state index contributed by atoms with van der Waals surface area (Å²) in [5.74, 6) is 0. The van der Waals surface area contributed by atoms with Crippen LogP contribution in [0.5, 0.6) is 0 Å². The Morgan fingerprint density at radius 1 is 0.407 bits per heavy atom. The average molecular weight is 707 g/mol. The summed E-state index contributed by atoms with van der Waals surface area (Å²) >= 11 is 1.90. The van der Waals surface area contributed by atoms with Gasteiger partial charge in [0.1, 0.15) is 0 Å². The molecule has 0 N–H and O–H groups in total. The minimum absolute atomic E-state index is 0.119. The van der Waals surface area contributed by atoms with Gasteiger partial charge in [-0.15, -0.1) is 11.3 Å². The molecule has 3 heteroatoms. The summed E-state index contributed by atoms with van der Waals surface area (Å²) in [6.07, 6.45) is 0. The number of aromatic nitrogens is 2. The van der Waals surface area contributed by atoms with Crippen LogP contribution in [0.1, 0.15) is 25.0 Å². The van der Waals surface area contributed by atoms with Gasteiger partial charge in [0.15, 0.2) is 0 Å². The van der Waals surface area contributed by atoms with Gasteiger partial charge in [0.05, 0.1) is 22.1 Å². The summed E-state index contributed by atoms with van der Waals surface area (Å²) < 4.78 is 7.57. The lowest BCUT2D eigenvalue weighted by molar-refractivity contribution is 0.660. The van der Waals surface area contributed by atoms with E-state index in [0.717, 1.165) is 0 Å². The number of nitrogens with zero attached hydrogens (tertiary/aromatic N) is 2. The van der Waals surface area contributed by atoms with E-state index < -0.39 is 0 Å². The van der Waals surface area contributed by atoms with Gasteiger partial charge in [0, 0.05) is 58.5 Å². The lowest BCUT2D eigenvalue weighted by atomic mass is 9.82. The predicted octanol–water partition coefficient (Wildman–Crippen LogP) is 14.2. The number of fused-ring (bicyclic) bond motifs is 13. The Kier molecular flexibility index (Phi) is 6.03. The molecular weight excluding hydrogens is 673 g/mol. The van der Waals surface area contributed by atoms with Crippen LogP contribution in [0, 0.1) is 0 Å². The molecule has 12 rings (SSSR count). The van der Waals surface area contributed by atoms with Crippen molar-refractivity contribution in [1.29, 1.82) is 0 Å². The standard InChI is InChI=1S/C51H34N2S/c1-51(2)41-24-27-48-50(38-16-8-11-19-47(38)54-48)49(41)37-23-22-34(30-42(37)51)53-44-18-10-7-15-36(44)40-29-32(21-26-46(40)53)31-20-25-45-39(28-31)35-14-6-9-17-43(35)52(45)33-12-4-3-5-13-33/h3-30H,1-2H3. The number of rotatable bonds is 3. The predicted molar refractivity (Wildman–Crippen MR) is 231 cm³/mol. The molecule has 8 aromatic carbocycles. The molecule has 0 aliphatic heterocycles. The Labute approximate surface area is 316 Å². The normalized spacial score (nSPS) is 13.5. The van der Waals surface area contributed by atoms with E-state index in [2.05, 4.69) is 193 Å². The molecule has 0 bridgehead atoms. The molecule has 0 saturated carbocycles. The number of thiophene rings is 1. The van der Waals surface area contributed by atoms with Crippen molar-refractivity contribution in [2.24, 2.45) is 0 Å². The van der Waals surface area contributed by atoms with Crippen LogP contribution in [0.3, 0.4) is 0 Å². The molecule has 1 aliphatic rings. The smallest absolute Gasteiger partial charge is 0.0541 e. The largest absolute Gasteiger partial charge is 0.309 e. The van der Waals surface area contributed by atoms with Crippen molar-refractivity contribution in [2.45, 2.75) is 19.3 Å². The topological polar surface area (TPSA) is 9.86 Å². The van der Waals surface area contributed by atoms with Crippen molar-refractivity contribution in [3.05, 3.63) is 181 Å². The first-order valence-electron chi connectivity index (χ1n) is 18.8. The Hall–Kier alpha value is -6.42. The van der Waals surface area contributed by atoms with Crippen LogP contribution < -0.4 is 0 Å². The monoisotopic (exact) mass is 706 g/mol. The van der Waals surface area contributed by atoms with E-state index in [4.69, 9.17) is 0 Å². The third-order valence-corrected chi connectivity index (χ3v) is 13.2. The van der Waals surface area contributed by atoms with Crippen LogP contribution in [-0.2, 0) is 5.41 Å². The second kappa shape index (κ2) is 10.8. The second-order valence-corrected chi connectivity index (χ2v) is 16.4. The lowest BCUT2D eigenvalue weighted by Crippen LogP contribution is -2.15. The van der Waals surface area contributed by atoms with E-state index in [-0.39, 0.29) is 5.41 Å². The molecule has 1 aliphatic carbocycles. The van der Waals surface area contributed by atoms with Crippen molar-refractivity contribution in [3.8, 4) is 33.6 Å². The highest BCUT2D eigenvalue weighted by Gasteiger charge is 2.37. The quantitative estimate of drug-likeness (QED) is 0.173. The molecule has 0 atom stereocenters. The summed E-state index contributed by atoms with van der Waals surface area (Å²) in [7, 11) is 0. The SMILES string of the molecule is CC1(C)c2cc(-n3c4ccccc4c4cc(-c5ccc6c(c5)c5ccccc5n6-c5ccccc5)ccc43)ccc2-c2c1ccc1sc3ccccc3c21. The Morgan fingerprint density at radius 3 is 1.67 bits per heavy atom. The molecule has 2 nitrogen and oxygen atoms in total. The molecule has 0 radical (unpaired) electrons. The van der Waals surface area contributed by atoms with Crippen LogP contribution in [0.2, 0.25) is 0 Å². The molecule has 0 amide bonds. The van der Waals surface area contributed by atoms with E-state index in [1.807, 2.05) is 11.3 Å². The van der Waals surface area contributed by atoms with Gasteiger partial charge in [-0.1, -0.05) is 111 Å². The molecular formula is C51H34N2S. The van der Waals surface area contributed by atoms with Gasteiger partial charge in [-0.05, 0) is 106 Å². The van der Waals surface area contributed by atoms with E-state index in [1.165, 1.54) is 109 Å². The minimum atomic E-state index is -0.119. The van der Waals surface area contributed by atoms with Gasteiger partial charge in [-0.25, -0.2) is 0 Å². The highest BCUT2D eigenvalue weighted by atomic mass is 32.1. The first kappa shape index (κ1) is 30.1. The molecule has 0 unspecified atom stereocenters. The Balaban J connectivity index is 1.03. The summed E-state index contributed by atoms with van der Waals surface area (Å²) in [5, 5.41) is 7.84.